The summed E-state index contributed by atoms with van der Waals surface area (Å²) in [6.07, 6.45) is 2.42. The molecule has 0 bridgehead atoms. The average molecular weight is 257 g/mol. The van der Waals surface area contributed by atoms with Crippen LogP contribution in [0, 0.1) is 13.8 Å². The maximum atomic E-state index is 5.68. The highest BCUT2D eigenvalue weighted by Gasteiger charge is 2.13. The van der Waals surface area contributed by atoms with Crippen molar-refractivity contribution >= 4 is 5.82 Å². The highest BCUT2D eigenvalue weighted by molar-refractivity contribution is 5.33. The van der Waals surface area contributed by atoms with Crippen LogP contribution in [-0.4, -0.2) is 9.97 Å². The first-order chi connectivity index (χ1) is 9.08. The zero-order valence-electron chi connectivity index (χ0n) is 11.2. The van der Waals surface area contributed by atoms with Crippen LogP contribution in [-0.2, 0) is 6.42 Å². The van der Waals surface area contributed by atoms with Gasteiger partial charge in [0.1, 0.15) is 5.82 Å². The number of hydrogen-bond acceptors (Lipinski definition) is 5. The number of rotatable bonds is 4. The monoisotopic (exact) mass is 257 g/mol. The van der Waals surface area contributed by atoms with E-state index in [0.29, 0.717) is 5.82 Å². The Morgan fingerprint density at radius 1 is 1.26 bits per heavy atom. The number of aromatic nitrogens is 2. The molecular formula is C14H19N5. The van der Waals surface area contributed by atoms with Gasteiger partial charge in [0.25, 0.3) is 0 Å². The quantitative estimate of drug-likeness (QED) is 0.569. The van der Waals surface area contributed by atoms with E-state index < -0.39 is 0 Å². The number of nitrogens with two attached hydrogens (primary N) is 2. The van der Waals surface area contributed by atoms with Crippen molar-refractivity contribution < 1.29 is 0 Å². The molecule has 5 N–H and O–H groups in total. The Balaban J connectivity index is 2.24. The van der Waals surface area contributed by atoms with E-state index >= 15 is 0 Å². The van der Waals surface area contributed by atoms with Crippen LogP contribution in [0.4, 0.5) is 5.82 Å². The lowest BCUT2D eigenvalue weighted by Gasteiger charge is -2.16. The Morgan fingerprint density at radius 2 is 2.05 bits per heavy atom. The van der Waals surface area contributed by atoms with Gasteiger partial charge in [-0.15, -0.1) is 0 Å². The van der Waals surface area contributed by atoms with Crippen molar-refractivity contribution in [2.75, 3.05) is 5.73 Å². The molecule has 0 aliphatic heterocycles. The molecule has 5 nitrogen and oxygen atoms in total. The van der Waals surface area contributed by atoms with Gasteiger partial charge in [-0.2, -0.15) is 0 Å². The number of pyridine rings is 2. The Morgan fingerprint density at radius 3 is 2.68 bits per heavy atom. The van der Waals surface area contributed by atoms with Crippen molar-refractivity contribution in [1.29, 1.82) is 0 Å². The fraction of sp³-hybridized carbons (Fsp3) is 0.286. The van der Waals surface area contributed by atoms with Crippen LogP contribution in [0.3, 0.4) is 0 Å². The predicted molar refractivity (Wildman–Crippen MR) is 76.1 cm³/mol. The van der Waals surface area contributed by atoms with Crippen LogP contribution >= 0.6 is 0 Å². The third kappa shape index (κ3) is 3.49. The minimum atomic E-state index is -0.0413. The fourth-order valence-electron chi connectivity index (χ4n) is 2.16. The molecule has 1 unspecified atom stereocenters. The Kier molecular flexibility index (Phi) is 4.09. The molecule has 5 heteroatoms. The van der Waals surface area contributed by atoms with E-state index in [4.69, 9.17) is 11.6 Å². The van der Waals surface area contributed by atoms with Gasteiger partial charge < -0.3 is 5.73 Å². The molecule has 0 aliphatic carbocycles. The number of nitrogens with one attached hydrogen (secondary N) is 1. The topological polar surface area (TPSA) is 89.8 Å². The van der Waals surface area contributed by atoms with Crippen LogP contribution in [0.2, 0.25) is 0 Å². The molecule has 100 valence electrons. The van der Waals surface area contributed by atoms with Crippen molar-refractivity contribution in [2.45, 2.75) is 26.3 Å². The van der Waals surface area contributed by atoms with Gasteiger partial charge in [0.2, 0.25) is 0 Å². The standard InChI is InChI=1S/C14H19N5/c1-9-5-10(2)18-12(6-9)13(19-16)7-11-3-4-17-14(15)8-11/h3-6,8,13,19H,7,16H2,1-2H3,(H2,15,17). The average Bonchev–Trinajstić information content (AvgIpc) is 2.34. The minimum Gasteiger partial charge on any atom is -0.384 e. The lowest BCUT2D eigenvalue weighted by molar-refractivity contribution is 0.537. The number of aryl methyl sites for hydroxylation is 2. The Bertz CT molecular complexity index is 547. The summed E-state index contributed by atoms with van der Waals surface area (Å²) < 4.78 is 0. The minimum absolute atomic E-state index is 0.0413. The fourth-order valence-corrected chi connectivity index (χ4v) is 2.16. The second-order valence-corrected chi connectivity index (χ2v) is 4.72. The third-order valence-corrected chi connectivity index (χ3v) is 2.96. The number of hydrogen-bond donors (Lipinski definition) is 3. The van der Waals surface area contributed by atoms with Gasteiger partial charge in [-0.1, -0.05) is 0 Å². The molecule has 0 saturated carbocycles. The molecule has 0 aliphatic rings. The SMILES string of the molecule is Cc1cc(C)nc(C(Cc2ccnc(N)c2)NN)c1. The first-order valence-electron chi connectivity index (χ1n) is 6.20. The molecule has 0 fully saturated rings. The zero-order chi connectivity index (χ0) is 13.8. The third-order valence-electron chi connectivity index (χ3n) is 2.96. The summed E-state index contributed by atoms with van der Waals surface area (Å²) in [6, 6.07) is 7.83. The number of hydrazine groups is 1. The van der Waals surface area contributed by atoms with Gasteiger partial charge in [-0.05, 0) is 55.7 Å². The lowest BCUT2D eigenvalue weighted by Crippen LogP contribution is -2.30. The van der Waals surface area contributed by atoms with E-state index in [9.17, 15) is 0 Å². The summed E-state index contributed by atoms with van der Waals surface area (Å²) in [5, 5.41) is 0. The first kappa shape index (κ1) is 13.5. The van der Waals surface area contributed by atoms with Crippen LogP contribution in [0.1, 0.15) is 28.6 Å². The molecule has 0 radical (unpaired) electrons. The molecule has 2 heterocycles. The van der Waals surface area contributed by atoms with Gasteiger partial charge in [0.05, 0.1) is 11.7 Å². The van der Waals surface area contributed by atoms with Gasteiger partial charge >= 0.3 is 0 Å². The number of anilines is 1. The molecule has 19 heavy (non-hydrogen) atoms. The maximum absolute atomic E-state index is 5.68. The molecule has 0 spiro atoms. The molecule has 2 aromatic rings. The highest BCUT2D eigenvalue weighted by atomic mass is 15.2. The molecule has 0 amide bonds. The van der Waals surface area contributed by atoms with E-state index in [-0.39, 0.29) is 6.04 Å². The Labute approximate surface area is 113 Å². The normalized spacial score (nSPS) is 12.4. The van der Waals surface area contributed by atoms with Crippen molar-refractivity contribution in [3.8, 4) is 0 Å². The van der Waals surface area contributed by atoms with E-state index in [1.165, 1.54) is 5.56 Å². The summed E-state index contributed by atoms with van der Waals surface area (Å²) in [7, 11) is 0. The second kappa shape index (κ2) is 5.77. The van der Waals surface area contributed by atoms with E-state index in [0.717, 1.165) is 23.4 Å². The maximum Gasteiger partial charge on any atom is 0.123 e. The van der Waals surface area contributed by atoms with Gasteiger partial charge in [0.15, 0.2) is 0 Å². The van der Waals surface area contributed by atoms with E-state index in [1.807, 2.05) is 31.2 Å². The number of nitrogen functional groups attached to an aromatic ring is 1. The summed E-state index contributed by atoms with van der Waals surface area (Å²) in [6.45, 7) is 4.03. The molecule has 0 aromatic carbocycles. The smallest absolute Gasteiger partial charge is 0.123 e. The van der Waals surface area contributed by atoms with E-state index in [2.05, 4.69) is 22.3 Å². The summed E-state index contributed by atoms with van der Waals surface area (Å²) in [4.78, 5) is 8.52. The van der Waals surface area contributed by atoms with Crippen LogP contribution < -0.4 is 17.0 Å². The second-order valence-electron chi connectivity index (χ2n) is 4.72. The largest absolute Gasteiger partial charge is 0.384 e. The van der Waals surface area contributed by atoms with Crippen LogP contribution in [0.5, 0.6) is 0 Å². The summed E-state index contributed by atoms with van der Waals surface area (Å²) >= 11 is 0. The summed E-state index contributed by atoms with van der Waals surface area (Å²) in [5.74, 6) is 6.17. The lowest BCUT2D eigenvalue weighted by atomic mass is 10.0. The zero-order valence-corrected chi connectivity index (χ0v) is 11.2. The summed E-state index contributed by atoms with van der Waals surface area (Å²) in [5.41, 5.74) is 12.7. The predicted octanol–water partition coefficient (Wildman–Crippen LogP) is 1.42. The molecular weight excluding hydrogens is 238 g/mol. The molecule has 0 saturated heterocycles. The van der Waals surface area contributed by atoms with Crippen molar-refractivity contribution in [3.63, 3.8) is 0 Å². The first-order valence-corrected chi connectivity index (χ1v) is 6.20. The van der Waals surface area contributed by atoms with Crippen LogP contribution in [0.15, 0.2) is 30.5 Å². The van der Waals surface area contributed by atoms with Gasteiger partial charge in [-0.3, -0.25) is 16.3 Å². The van der Waals surface area contributed by atoms with Crippen molar-refractivity contribution in [3.05, 3.63) is 53.0 Å². The van der Waals surface area contributed by atoms with Crippen LogP contribution in [0.25, 0.3) is 0 Å². The van der Waals surface area contributed by atoms with Gasteiger partial charge in [0, 0.05) is 11.9 Å². The highest BCUT2D eigenvalue weighted by Crippen LogP contribution is 2.18. The van der Waals surface area contributed by atoms with Gasteiger partial charge in [-0.25, -0.2) is 4.98 Å². The number of nitrogens with zero attached hydrogens (tertiary/aromatic N) is 2. The van der Waals surface area contributed by atoms with Crippen molar-refractivity contribution in [1.82, 2.24) is 15.4 Å². The molecule has 2 aromatic heterocycles. The van der Waals surface area contributed by atoms with E-state index in [1.54, 1.807) is 6.20 Å². The van der Waals surface area contributed by atoms with Crippen molar-refractivity contribution in [2.24, 2.45) is 5.84 Å². The Hall–Kier alpha value is -1.98. The molecule has 1 atom stereocenters. The molecule has 2 rings (SSSR count).